The average molecular weight is 138 g/mol. The molecule has 0 radical (unpaired) electrons. The molecular weight excluding hydrogens is 130 g/mol. The monoisotopic (exact) mass is 138 g/mol. The first-order chi connectivity index (χ1) is 3.70. The SMILES string of the molecule is CC1CC(F)SC1F. The van der Waals surface area contributed by atoms with Crippen molar-refractivity contribution in [2.45, 2.75) is 24.4 Å². The van der Waals surface area contributed by atoms with E-state index < -0.39 is 11.0 Å². The van der Waals surface area contributed by atoms with Crippen molar-refractivity contribution in [3.8, 4) is 0 Å². The van der Waals surface area contributed by atoms with E-state index in [0.717, 1.165) is 11.8 Å². The van der Waals surface area contributed by atoms with Crippen LogP contribution in [0.5, 0.6) is 0 Å². The van der Waals surface area contributed by atoms with Gasteiger partial charge < -0.3 is 0 Å². The number of rotatable bonds is 0. The smallest absolute Gasteiger partial charge is 0.151 e. The highest BCUT2D eigenvalue weighted by atomic mass is 32.2. The topological polar surface area (TPSA) is 0 Å². The fourth-order valence-electron chi connectivity index (χ4n) is 0.730. The molecule has 48 valence electrons. The van der Waals surface area contributed by atoms with Crippen LogP contribution in [-0.4, -0.2) is 11.0 Å². The van der Waals surface area contributed by atoms with Gasteiger partial charge >= 0.3 is 0 Å². The summed E-state index contributed by atoms with van der Waals surface area (Å²) in [5, 5.41) is 0. The number of hydrogen-bond acceptors (Lipinski definition) is 1. The molecule has 1 heterocycles. The van der Waals surface area contributed by atoms with Gasteiger partial charge in [0, 0.05) is 5.92 Å². The van der Waals surface area contributed by atoms with Crippen LogP contribution in [0, 0.1) is 5.92 Å². The Labute approximate surface area is 51.6 Å². The van der Waals surface area contributed by atoms with Crippen molar-refractivity contribution >= 4 is 11.8 Å². The molecule has 0 nitrogen and oxygen atoms in total. The molecule has 0 spiro atoms. The van der Waals surface area contributed by atoms with Crippen LogP contribution in [0.4, 0.5) is 8.78 Å². The van der Waals surface area contributed by atoms with Crippen LogP contribution >= 0.6 is 11.8 Å². The Morgan fingerprint density at radius 1 is 1.50 bits per heavy atom. The summed E-state index contributed by atoms with van der Waals surface area (Å²) >= 11 is 0.795. The van der Waals surface area contributed by atoms with Crippen molar-refractivity contribution in [1.29, 1.82) is 0 Å². The molecular formula is C5H8F2S. The average Bonchev–Trinajstić information content (AvgIpc) is 1.85. The Morgan fingerprint density at radius 2 is 2.12 bits per heavy atom. The van der Waals surface area contributed by atoms with Crippen LogP contribution in [0.2, 0.25) is 0 Å². The predicted octanol–water partition coefficient (Wildman–Crippen LogP) is 2.35. The molecule has 0 bridgehead atoms. The highest BCUT2D eigenvalue weighted by Crippen LogP contribution is 2.39. The summed E-state index contributed by atoms with van der Waals surface area (Å²) in [4.78, 5) is 0. The zero-order valence-electron chi connectivity index (χ0n) is 4.60. The molecule has 1 aliphatic rings. The van der Waals surface area contributed by atoms with Gasteiger partial charge in [-0.3, -0.25) is 0 Å². The van der Waals surface area contributed by atoms with Gasteiger partial charge in [0.15, 0.2) is 5.50 Å². The molecule has 0 aromatic heterocycles. The summed E-state index contributed by atoms with van der Waals surface area (Å²) in [6.07, 6.45) is 0.381. The molecule has 0 N–H and O–H groups in total. The highest BCUT2D eigenvalue weighted by Gasteiger charge is 2.31. The lowest BCUT2D eigenvalue weighted by Gasteiger charge is -1.98. The van der Waals surface area contributed by atoms with Crippen LogP contribution in [0.25, 0.3) is 0 Å². The van der Waals surface area contributed by atoms with E-state index in [2.05, 4.69) is 0 Å². The molecule has 1 fully saturated rings. The van der Waals surface area contributed by atoms with E-state index in [9.17, 15) is 8.78 Å². The minimum Gasteiger partial charge on any atom is -0.236 e. The second-order valence-corrected chi connectivity index (χ2v) is 3.34. The maximum atomic E-state index is 12.3. The molecule has 1 saturated heterocycles. The largest absolute Gasteiger partial charge is 0.236 e. The number of halogens is 2. The van der Waals surface area contributed by atoms with E-state index in [1.165, 1.54) is 0 Å². The maximum absolute atomic E-state index is 12.3. The van der Waals surface area contributed by atoms with Gasteiger partial charge in [-0.2, -0.15) is 0 Å². The Morgan fingerprint density at radius 3 is 2.25 bits per heavy atom. The minimum absolute atomic E-state index is 0.0880. The standard InChI is InChI=1S/C5H8F2S/c1-3-2-4(6)8-5(3)7/h3-5H,2H2,1H3. The van der Waals surface area contributed by atoms with E-state index in [1.807, 2.05) is 0 Å². The molecule has 0 aromatic carbocycles. The molecule has 3 unspecified atom stereocenters. The Hall–Kier alpha value is 0.210. The van der Waals surface area contributed by atoms with Gasteiger partial charge in [0.1, 0.15) is 5.50 Å². The van der Waals surface area contributed by atoms with Crippen LogP contribution in [0.1, 0.15) is 13.3 Å². The zero-order chi connectivity index (χ0) is 6.15. The first-order valence-electron chi connectivity index (χ1n) is 2.64. The highest BCUT2D eigenvalue weighted by molar-refractivity contribution is 8.00. The van der Waals surface area contributed by atoms with Crippen molar-refractivity contribution in [2.24, 2.45) is 5.92 Å². The lowest BCUT2D eigenvalue weighted by molar-refractivity contribution is 0.322. The normalized spacial score (nSPS) is 47.6. The van der Waals surface area contributed by atoms with Crippen molar-refractivity contribution in [3.63, 3.8) is 0 Å². The minimum atomic E-state index is -0.968. The summed E-state index contributed by atoms with van der Waals surface area (Å²) in [7, 11) is 0. The van der Waals surface area contributed by atoms with Gasteiger partial charge in [-0.1, -0.05) is 18.7 Å². The third-order valence-corrected chi connectivity index (χ3v) is 2.49. The molecule has 0 aromatic rings. The van der Waals surface area contributed by atoms with Crippen LogP contribution < -0.4 is 0 Å². The summed E-state index contributed by atoms with van der Waals surface area (Å²) in [6, 6.07) is 0. The number of alkyl halides is 2. The van der Waals surface area contributed by atoms with Gasteiger partial charge in [-0.25, -0.2) is 8.78 Å². The molecule has 8 heavy (non-hydrogen) atoms. The number of hydrogen-bond donors (Lipinski definition) is 0. The van der Waals surface area contributed by atoms with Gasteiger partial charge in [-0.15, -0.1) is 0 Å². The Balaban J connectivity index is 2.39. The predicted molar refractivity (Wildman–Crippen MR) is 31.2 cm³/mol. The van der Waals surface area contributed by atoms with Crippen molar-refractivity contribution in [3.05, 3.63) is 0 Å². The number of thioether (sulfide) groups is 1. The molecule has 1 aliphatic heterocycles. The summed E-state index contributed by atoms with van der Waals surface area (Å²) in [6.45, 7) is 1.73. The Bertz CT molecular complexity index is 76.5. The summed E-state index contributed by atoms with van der Waals surface area (Å²) in [5.74, 6) is -0.0880. The van der Waals surface area contributed by atoms with Crippen LogP contribution in [0.3, 0.4) is 0 Å². The van der Waals surface area contributed by atoms with E-state index in [4.69, 9.17) is 0 Å². The maximum Gasteiger partial charge on any atom is 0.151 e. The fourth-order valence-corrected chi connectivity index (χ4v) is 1.81. The van der Waals surface area contributed by atoms with Crippen molar-refractivity contribution < 1.29 is 8.78 Å². The van der Waals surface area contributed by atoms with E-state index in [0.29, 0.717) is 6.42 Å². The summed E-state index contributed by atoms with van der Waals surface area (Å²) < 4.78 is 24.4. The molecule has 3 heteroatoms. The lowest BCUT2D eigenvalue weighted by atomic mass is 10.1. The van der Waals surface area contributed by atoms with Gasteiger partial charge in [0.2, 0.25) is 0 Å². The van der Waals surface area contributed by atoms with Gasteiger partial charge in [0.25, 0.3) is 0 Å². The third kappa shape index (κ3) is 1.13. The zero-order valence-corrected chi connectivity index (χ0v) is 5.42. The molecule has 1 rings (SSSR count). The van der Waals surface area contributed by atoms with Gasteiger partial charge in [-0.05, 0) is 6.42 Å². The van der Waals surface area contributed by atoms with Gasteiger partial charge in [0.05, 0.1) is 0 Å². The first kappa shape index (κ1) is 6.33. The van der Waals surface area contributed by atoms with Crippen molar-refractivity contribution in [1.82, 2.24) is 0 Å². The van der Waals surface area contributed by atoms with E-state index in [1.54, 1.807) is 6.92 Å². The molecule has 3 atom stereocenters. The van der Waals surface area contributed by atoms with Crippen LogP contribution in [-0.2, 0) is 0 Å². The molecule has 0 saturated carbocycles. The van der Waals surface area contributed by atoms with E-state index in [-0.39, 0.29) is 5.92 Å². The second kappa shape index (κ2) is 2.21. The van der Waals surface area contributed by atoms with Crippen LogP contribution in [0.15, 0.2) is 0 Å². The second-order valence-electron chi connectivity index (χ2n) is 2.11. The quantitative estimate of drug-likeness (QED) is 0.495. The lowest BCUT2D eigenvalue weighted by Crippen LogP contribution is -1.98. The third-order valence-electron chi connectivity index (χ3n) is 1.28. The Kier molecular flexibility index (Phi) is 1.75. The van der Waals surface area contributed by atoms with Crippen molar-refractivity contribution in [2.75, 3.05) is 0 Å². The molecule has 0 aliphatic carbocycles. The molecule has 0 amide bonds. The summed E-state index contributed by atoms with van der Waals surface area (Å²) in [5.41, 5.74) is -1.93. The van der Waals surface area contributed by atoms with E-state index >= 15 is 0 Å². The fraction of sp³-hybridized carbons (Fsp3) is 1.00. The first-order valence-corrected chi connectivity index (χ1v) is 3.58.